The van der Waals surface area contributed by atoms with Gasteiger partial charge in [0.25, 0.3) is 0 Å². The van der Waals surface area contributed by atoms with Crippen molar-refractivity contribution in [1.29, 1.82) is 0 Å². The van der Waals surface area contributed by atoms with Crippen LogP contribution in [0.5, 0.6) is 17.4 Å². The summed E-state index contributed by atoms with van der Waals surface area (Å²) in [7, 11) is 1.62. The van der Waals surface area contributed by atoms with Gasteiger partial charge in [0.05, 0.1) is 13.2 Å². The molecular formula is C16H20N4O3. The van der Waals surface area contributed by atoms with Gasteiger partial charge < -0.3 is 25.3 Å². The molecule has 1 aromatic heterocycles. The van der Waals surface area contributed by atoms with E-state index in [1.54, 1.807) is 19.2 Å². The average molecular weight is 316 g/mol. The van der Waals surface area contributed by atoms with Gasteiger partial charge in [0.1, 0.15) is 23.5 Å². The van der Waals surface area contributed by atoms with Gasteiger partial charge in [0.15, 0.2) is 5.82 Å². The van der Waals surface area contributed by atoms with Crippen LogP contribution in [0.2, 0.25) is 0 Å². The van der Waals surface area contributed by atoms with Crippen molar-refractivity contribution in [3.05, 3.63) is 30.6 Å². The number of hydrogen-bond acceptors (Lipinski definition) is 7. The normalized spacial score (nSPS) is 17.0. The maximum absolute atomic E-state index is 6.09. The van der Waals surface area contributed by atoms with Gasteiger partial charge in [-0.05, 0) is 37.1 Å². The molecule has 1 atom stereocenters. The smallest absolute Gasteiger partial charge is 0.248 e. The van der Waals surface area contributed by atoms with Crippen molar-refractivity contribution in [3.8, 4) is 17.4 Å². The minimum Gasteiger partial charge on any atom is -0.497 e. The zero-order valence-electron chi connectivity index (χ0n) is 13.0. The molecule has 2 heterocycles. The second-order valence-corrected chi connectivity index (χ2v) is 5.23. The highest BCUT2D eigenvalue weighted by Gasteiger charge is 2.17. The Labute approximate surface area is 134 Å². The largest absolute Gasteiger partial charge is 0.497 e. The van der Waals surface area contributed by atoms with E-state index in [-0.39, 0.29) is 6.10 Å². The van der Waals surface area contributed by atoms with Crippen molar-refractivity contribution in [1.82, 2.24) is 9.97 Å². The third kappa shape index (κ3) is 3.81. The molecule has 1 aliphatic rings. The predicted molar refractivity (Wildman–Crippen MR) is 87.0 cm³/mol. The van der Waals surface area contributed by atoms with Crippen molar-refractivity contribution in [3.63, 3.8) is 0 Å². The molecule has 1 unspecified atom stereocenters. The predicted octanol–water partition coefficient (Wildman–Crippen LogP) is 2.45. The van der Waals surface area contributed by atoms with Crippen LogP contribution in [0.4, 0.5) is 11.5 Å². The average Bonchev–Trinajstić information content (AvgIpc) is 3.10. The van der Waals surface area contributed by atoms with Gasteiger partial charge in [-0.1, -0.05) is 0 Å². The van der Waals surface area contributed by atoms with Gasteiger partial charge in [0, 0.05) is 13.2 Å². The number of ether oxygens (including phenoxy) is 3. The molecule has 0 radical (unpaired) electrons. The molecule has 1 aliphatic heterocycles. The van der Waals surface area contributed by atoms with Crippen molar-refractivity contribution in [2.75, 3.05) is 31.3 Å². The maximum atomic E-state index is 6.09. The Kier molecular flexibility index (Phi) is 4.77. The molecule has 23 heavy (non-hydrogen) atoms. The summed E-state index contributed by atoms with van der Waals surface area (Å²) in [5, 5.41) is 3.20. The van der Waals surface area contributed by atoms with Gasteiger partial charge >= 0.3 is 0 Å². The lowest BCUT2D eigenvalue weighted by atomic mass is 10.2. The molecule has 0 amide bonds. The Bertz CT molecular complexity index is 642. The Morgan fingerprint density at radius 1 is 1.26 bits per heavy atom. The summed E-state index contributed by atoms with van der Waals surface area (Å²) in [6, 6.07) is 7.20. The van der Waals surface area contributed by atoms with E-state index >= 15 is 0 Å². The number of nitrogens with one attached hydrogen (secondary N) is 1. The summed E-state index contributed by atoms with van der Waals surface area (Å²) in [6.07, 6.45) is 3.77. The highest BCUT2D eigenvalue weighted by atomic mass is 16.5. The highest BCUT2D eigenvalue weighted by Crippen LogP contribution is 2.30. The lowest BCUT2D eigenvalue weighted by molar-refractivity contribution is 0.120. The zero-order chi connectivity index (χ0) is 16.1. The summed E-state index contributed by atoms with van der Waals surface area (Å²) in [5.41, 5.74) is 6.47. The number of nitrogen functional groups attached to an aromatic ring is 1. The van der Waals surface area contributed by atoms with Gasteiger partial charge in [-0.3, -0.25) is 0 Å². The van der Waals surface area contributed by atoms with Crippen LogP contribution in [0.25, 0.3) is 0 Å². The van der Waals surface area contributed by atoms with Crippen LogP contribution < -0.4 is 20.5 Å². The van der Waals surface area contributed by atoms with Crippen molar-refractivity contribution in [2.24, 2.45) is 0 Å². The molecule has 1 saturated heterocycles. The molecule has 0 bridgehead atoms. The minimum atomic E-state index is 0.204. The van der Waals surface area contributed by atoms with E-state index in [0.29, 0.717) is 29.7 Å². The third-order valence-corrected chi connectivity index (χ3v) is 3.64. The lowest BCUT2D eigenvalue weighted by Gasteiger charge is -2.14. The Morgan fingerprint density at radius 3 is 2.74 bits per heavy atom. The number of benzene rings is 1. The maximum Gasteiger partial charge on any atom is 0.248 e. The molecule has 2 aromatic rings. The second kappa shape index (κ2) is 7.15. The summed E-state index contributed by atoms with van der Waals surface area (Å²) in [4.78, 5) is 8.26. The van der Waals surface area contributed by atoms with E-state index in [0.717, 1.165) is 25.2 Å². The number of anilines is 2. The fourth-order valence-corrected chi connectivity index (χ4v) is 2.37. The van der Waals surface area contributed by atoms with Gasteiger partial charge in [-0.25, -0.2) is 4.98 Å². The van der Waals surface area contributed by atoms with Gasteiger partial charge in [-0.15, -0.1) is 0 Å². The number of nitrogens with two attached hydrogens (primary N) is 1. The number of methoxy groups -OCH3 is 1. The summed E-state index contributed by atoms with van der Waals surface area (Å²) in [6.45, 7) is 1.49. The zero-order valence-corrected chi connectivity index (χ0v) is 13.0. The number of rotatable bonds is 6. The first kappa shape index (κ1) is 15.4. The second-order valence-electron chi connectivity index (χ2n) is 5.23. The molecule has 7 nitrogen and oxygen atoms in total. The highest BCUT2D eigenvalue weighted by molar-refractivity contribution is 5.67. The van der Waals surface area contributed by atoms with Crippen LogP contribution in [0.3, 0.4) is 0 Å². The van der Waals surface area contributed by atoms with E-state index < -0.39 is 0 Å². The molecule has 0 spiro atoms. The summed E-state index contributed by atoms with van der Waals surface area (Å²) in [5.74, 6) is 2.26. The fourth-order valence-electron chi connectivity index (χ4n) is 2.37. The first-order valence-electron chi connectivity index (χ1n) is 7.54. The van der Waals surface area contributed by atoms with Crippen LogP contribution in [-0.2, 0) is 4.74 Å². The molecule has 7 heteroatoms. The third-order valence-electron chi connectivity index (χ3n) is 3.64. The summed E-state index contributed by atoms with van der Waals surface area (Å²) < 4.78 is 16.4. The van der Waals surface area contributed by atoms with Crippen molar-refractivity contribution >= 4 is 11.5 Å². The van der Waals surface area contributed by atoms with Crippen LogP contribution in [-0.4, -0.2) is 36.3 Å². The number of nitrogens with zero attached hydrogens (tertiary/aromatic N) is 2. The number of hydrogen-bond donors (Lipinski definition) is 2. The first-order chi connectivity index (χ1) is 11.3. The lowest BCUT2D eigenvalue weighted by Crippen LogP contribution is -2.19. The molecule has 1 aromatic carbocycles. The monoisotopic (exact) mass is 316 g/mol. The van der Waals surface area contributed by atoms with Crippen LogP contribution in [0.1, 0.15) is 12.8 Å². The van der Waals surface area contributed by atoms with E-state index in [9.17, 15) is 0 Å². The fraction of sp³-hybridized carbons (Fsp3) is 0.375. The Balaban J connectivity index is 1.67. The Hall–Kier alpha value is -2.54. The minimum absolute atomic E-state index is 0.204. The van der Waals surface area contributed by atoms with E-state index in [2.05, 4.69) is 15.3 Å². The molecular weight excluding hydrogens is 296 g/mol. The molecule has 1 fully saturated rings. The summed E-state index contributed by atoms with van der Waals surface area (Å²) >= 11 is 0. The molecule has 3 N–H and O–H groups in total. The first-order valence-corrected chi connectivity index (χ1v) is 7.54. The van der Waals surface area contributed by atoms with Gasteiger partial charge in [-0.2, -0.15) is 4.98 Å². The molecule has 0 aliphatic carbocycles. The van der Waals surface area contributed by atoms with Crippen LogP contribution in [0.15, 0.2) is 30.6 Å². The molecule has 3 rings (SSSR count). The number of aromatic nitrogens is 2. The molecule has 122 valence electrons. The van der Waals surface area contributed by atoms with E-state index in [1.807, 2.05) is 12.1 Å². The van der Waals surface area contributed by atoms with E-state index in [1.165, 1.54) is 6.33 Å². The van der Waals surface area contributed by atoms with E-state index in [4.69, 9.17) is 19.9 Å². The topological polar surface area (TPSA) is 91.5 Å². The quantitative estimate of drug-likeness (QED) is 0.845. The Morgan fingerprint density at radius 2 is 2.04 bits per heavy atom. The van der Waals surface area contributed by atoms with Gasteiger partial charge in [0.2, 0.25) is 5.88 Å². The SMILES string of the molecule is COc1ccc(Oc2ncnc(NCC3CCCO3)c2N)cc1. The van der Waals surface area contributed by atoms with Crippen LogP contribution >= 0.6 is 0 Å². The van der Waals surface area contributed by atoms with Crippen molar-refractivity contribution in [2.45, 2.75) is 18.9 Å². The van der Waals surface area contributed by atoms with Crippen molar-refractivity contribution < 1.29 is 14.2 Å². The van der Waals surface area contributed by atoms with Crippen LogP contribution in [0, 0.1) is 0 Å². The molecule has 0 saturated carbocycles. The standard InChI is InChI=1S/C16H20N4O3/c1-21-11-4-6-12(7-5-11)23-16-14(17)15(19-10-20-16)18-9-13-3-2-8-22-13/h4-7,10,13H,2-3,8-9,17H2,1H3,(H,18,19,20).